The number of hydrogen-bond acceptors (Lipinski definition) is 5. The summed E-state index contributed by atoms with van der Waals surface area (Å²) in [7, 11) is 1.37. The Hall–Kier alpha value is -3.61. The van der Waals surface area contributed by atoms with Gasteiger partial charge in [-0.05, 0) is 53.8 Å². The van der Waals surface area contributed by atoms with Gasteiger partial charge in [0.25, 0.3) is 5.91 Å². The van der Waals surface area contributed by atoms with Crippen LogP contribution in [0.3, 0.4) is 0 Å². The first-order valence-corrected chi connectivity index (χ1v) is 10.2. The third-order valence-electron chi connectivity index (χ3n) is 5.94. The molecule has 0 fully saturated rings. The average molecular weight is 420 g/mol. The van der Waals surface area contributed by atoms with Crippen molar-refractivity contribution in [2.24, 2.45) is 5.92 Å². The molecule has 1 amide bonds. The normalized spacial score (nSPS) is 20.9. The number of ether oxygens (including phenoxy) is 1. The first-order chi connectivity index (χ1) is 15.0. The first kappa shape index (κ1) is 20.7. The molecule has 0 bridgehead atoms. The van der Waals surface area contributed by atoms with Gasteiger partial charge < -0.3 is 20.5 Å². The van der Waals surface area contributed by atoms with Crippen LogP contribution in [0.5, 0.6) is 0 Å². The zero-order valence-electron chi connectivity index (χ0n) is 17.1. The Morgan fingerprint density at radius 2 is 1.87 bits per heavy atom. The zero-order chi connectivity index (χ0) is 22.0. The van der Waals surface area contributed by atoms with Crippen LogP contribution in [-0.2, 0) is 9.53 Å². The molecule has 31 heavy (non-hydrogen) atoms. The number of carbonyl (C=O) groups is 3. The molecular formula is C24H24N2O5. The molecule has 0 saturated heterocycles. The van der Waals surface area contributed by atoms with Gasteiger partial charge in [-0.2, -0.15) is 0 Å². The average Bonchev–Trinajstić information content (AvgIpc) is 3.28. The SMILES string of the molecule is COC(=O)c1ccc([C@@H]2Nc3ccc(C(=O)NCCC(=O)O)cc3[C@@H]3C=CC[C@H]32)cc1. The first-order valence-electron chi connectivity index (χ1n) is 10.2. The zero-order valence-corrected chi connectivity index (χ0v) is 17.1. The molecule has 2 aliphatic rings. The molecule has 3 N–H and O–H groups in total. The highest BCUT2D eigenvalue weighted by molar-refractivity contribution is 5.95. The lowest BCUT2D eigenvalue weighted by molar-refractivity contribution is -0.136. The fraction of sp³-hybridized carbons (Fsp3) is 0.292. The fourth-order valence-corrected chi connectivity index (χ4v) is 4.40. The molecular weight excluding hydrogens is 396 g/mol. The number of aliphatic carboxylic acids is 1. The van der Waals surface area contributed by atoms with Gasteiger partial charge >= 0.3 is 11.9 Å². The topological polar surface area (TPSA) is 105 Å². The van der Waals surface area contributed by atoms with Gasteiger partial charge in [-0.3, -0.25) is 9.59 Å². The second-order valence-electron chi connectivity index (χ2n) is 7.79. The Morgan fingerprint density at radius 3 is 2.58 bits per heavy atom. The van der Waals surface area contributed by atoms with E-state index in [1.54, 1.807) is 18.2 Å². The van der Waals surface area contributed by atoms with Gasteiger partial charge in [0, 0.05) is 23.7 Å². The minimum Gasteiger partial charge on any atom is -0.481 e. The monoisotopic (exact) mass is 420 g/mol. The molecule has 7 heteroatoms. The third kappa shape index (κ3) is 4.17. The van der Waals surface area contributed by atoms with Crippen LogP contribution in [0.15, 0.2) is 54.6 Å². The summed E-state index contributed by atoms with van der Waals surface area (Å²) in [4.78, 5) is 34.8. The van der Waals surface area contributed by atoms with Gasteiger partial charge in [0.05, 0.1) is 25.1 Å². The smallest absolute Gasteiger partial charge is 0.337 e. The molecule has 2 aromatic carbocycles. The molecule has 1 heterocycles. The van der Waals surface area contributed by atoms with E-state index in [2.05, 4.69) is 22.8 Å². The number of fused-ring (bicyclic) bond motifs is 3. The van der Waals surface area contributed by atoms with E-state index in [0.29, 0.717) is 17.0 Å². The van der Waals surface area contributed by atoms with Gasteiger partial charge in [0.2, 0.25) is 0 Å². The van der Waals surface area contributed by atoms with Crippen molar-refractivity contribution in [2.75, 3.05) is 19.0 Å². The molecule has 2 aromatic rings. The molecule has 3 atom stereocenters. The van der Waals surface area contributed by atoms with E-state index in [9.17, 15) is 14.4 Å². The van der Waals surface area contributed by atoms with Crippen LogP contribution in [-0.4, -0.2) is 36.6 Å². The predicted molar refractivity (Wildman–Crippen MR) is 115 cm³/mol. The number of rotatable bonds is 6. The van der Waals surface area contributed by atoms with Crippen molar-refractivity contribution in [2.45, 2.75) is 24.8 Å². The lowest BCUT2D eigenvalue weighted by Crippen LogP contribution is -2.30. The van der Waals surface area contributed by atoms with Crippen LogP contribution in [0.25, 0.3) is 0 Å². The molecule has 0 radical (unpaired) electrons. The van der Waals surface area contributed by atoms with E-state index in [4.69, 9.17) is 9.84 Å². The number of esters is 1. The molecule has 1 aliphatic heterocycles. The second kappa shape index (κ2) is 8.63. The Balaban J connectivity index is 1.57. The second-order valence-corrected chi connectivity index (χ2v) is 7.79. The van der Waals surface area contributed by atoms with Crippen LogP contribution >= 0.6 is 0 Å². The summed E-state index contributed by atoms with van der Waals surface area (Å²) in [5.74, 6) is -1.11. The number of carbonyl (C=O) groups excluding carboxylic acids is 2. The van der Waals surface area contributed by atoms with E-state index in [-0.39, 0.29) is 36.8 Å². The minimum absolute atomic E-state index is 0.0782. The van der Waals surface area contributed by atoms with Crippen LogP contribution < -0.4 is 10.6 Å². The van der Waals surface area contributed by atoms with E-state index >= 15 is 0 Å². The number of carboxylic acid groups (broad SMARTS) is 1. The van der Waals surface area contributed by atoms with Crippen molar-refractivity contribution in [3.63, 3.8) is 0 Å². The number of benzene rings is 2. The van der Waals surface area contributed by atoms with Gasteiger partial charge in [-0.1, -0.05) is 24.3 Å². The Labute approximate surface area is 180 Å². The number of allylic oxidation sites excluding steroid dienone is 2. The Morgan fingerprint density at radius 1 is 1.13 bits per heavy atom. The van der Waals surface area contributed by atoms with E-state index in [0.717, 1.165) is 23.2 Å². The molecule has 0 saturated carbocycles. The highest BCUT2D eigenvalue weighted by Gasteiger charge is 2.38. The summed E-state index contributed by atoms with van der Waals surface area (Å²) < 4.78 is 4.78. The summed E-state index contributed by atoms with van der Waals surface area (Å²) in [5, 5.41) is 15.0. The lowest BCUT2D eigenvalue weighted by Gasteiger charge is -2.37. The number of carboxylic acids is 1. The molecule has 1 aliphatic carbocycles. The predicted octanol–water partition coefficient (Wildman–Crippen LogP) is 3.50. The summed E-state index contributed by atoms with van der Waals surface area (Å²) in [5.41, 5.74) is 4.16. The molecule has 7 nitrogen and oxygen atoms in total. The molecule has 160 valence electrons. The summed E-state index contributed by atoms with van der Waals surface area (Å²) in [6.45, 7) is 0.0963. The van der Waals surface area contributed by atoms with Crippen molar-refractivity contribution in [3.8, 4) is 0 Å². The Kier molecular flexibility index (Phi) is 5.75. The highest BCUT2D eigenvalue weighted by atomic mass is 16.5. The summed E-state index contributed by atoms with van der Waals surface area (Å²) in [6.07, 6.45) is 5.16. The highest BCUT2D eigenvalue weighted by Crippen LogP contribution is 2.49. The van der Waals surface area contributed by atoms with Crippen LogP contribution in [0.1, 0.15) is 56.6 Å². The number of amides is 1. The quantitative estimate of drug-likeness (QED) is 0.488. The van der Waals surface area contributed by atoms with Gasteiger partial charge in [-0.25, -0.2) is 4.79 Å². The van der Waals surface area contributed by atoms with Crippen molar-refractivity contribution >= 4 is 23.5 Å². The molecule has 0 spiro atoms. The largest absolute Gasteiger partial charge is 0.481 e. The van der Waals surface area contributed by atoms with Crippen molar-refractivity contribution < 1.29 is 24.2 Å². The molecule has 0 aromatic heterocycles. The fourth-order valence-electron chi connectivity index (χ4n) is 4.40. The number of hydrogen-bond donors (Lipinski definition) is 3. The number of nitrogens with one attached hydrogen (secondary N) is 2. The van der Waals surface area contributed by atoms with Crippen molar-refractivity contribution in [1.82, 2.24) is 5.32 Å². The van der Waals surface area contributed by atoms with Crippen molar-refractivity contribution in [3.05, 3.63) is 76.9 Å². The van der Waals surface area contributed by atoms with Crippen LogP contribution in [0.2, 0.25) is 0 Å². The lowest BCUT2D eigenvalue weighted by atomic mass is 9.76. The van der Waals surface area contributed by atoms with E-state index < -0.39 is 5.97 Å². The maximum absolute atomic E-state index is 12.4. The van der Waals surface area contributed by atoms with Crippen LogP contribution in [0, 0.1) is 5.92 Å². The third-order valence-corrected chi connectivity index (χ3v) is 5.94. The van der Waals surface area contributed by atoms with Gasteiger partial charge in [0.1, 0.15) is 0 Å². The maximum atomic E-state index is 12.4. The van der Waals surface area contributed by atoms with Crippen LogP contribution in [0.4, 0.5) is 5.69 Å². The van der Waals surface area contributed by atoms with E-state index in [1.807, 2.05) is 24.3 Å². The summed E-state index contributed by atoms with van der Waals surface area (Å²) in [6, 6.07) is 13.1. The molecule has 0 unspecified atom stereocenters. The van der Waals surface area contributed by atoms with Gasteiger partial charge in [-0.15, -0.1) is 0 Å². The maximum Gasteiger partial charge on any atom is 0.337 e. The molecule has 4 rings (SSSR count). The van der Waals surface area contributed by atoms with E-state index in [1.165, 1.54) is 7.11 Å². The summed E-state index contributed by atoms with van der Waals surface area (Å²) >= 11 is 0. The standard InChI is InChI=1S/C24H24N2O5/c1-31-24(30)15-7-5-14(6-8-15)22-18-4-2-3-17(18)19-13-16(9-10-20(19)26-22)23(29)25-12-11-21(27)28/h2-3,5-10,13,17-18,22,26H,4,11-12H2,1H3,(H,25,29)(H,27,28)/t17-,18-,22+/m1/s1. The minimum atomic E-state index is -0.945. The Bertz CT molecular complexity index is 1040. The van der Waals surface area contributed by atoms with Crippen molar-refractivity contribution in [1.29, 1.82) is 0 Å². The number of anilines is 1. The number of methoxy groups -OCH3 is 1. The van der Waals surface area contributed by atoms with Gasteiger partial charge in [0.15, 0.2) is 0 Å².